The highest BCUT2D eigenvalue weighted by Crippen LogP contribution is 2.32. The molecule has 110 valence electrons. The van der Waals surface area contributed by atoms with Crippen LogP contribution in [0.2, 0.25) is 0 Å². The molecule has 2 unspecified atom stereocenters. The lowest BCUT2D eigenvalue weighted by molar-refractivity contribution is -0.144. The van der Waals surface area contributed by atoms with E-state index in [0.29, 0.717) is 18.9 Å². The molecule has 1 aromatic carbocycles. The maximum Gasteiger partial charge on any atom is 0.323 e. The Balaban J connectivity index is 1.88. The smallest absolute Gasteiger partial charge is 0.323 e. The van der Waals surface area contributed by atoms with Crippen molar-refractivity contribution in [2.45, 2.75) is 37.3 Å². The first kappa shape index (κ1) is 15.0. The van der Waals surface area contributed by atoms with Gasteiger partial charge in [-0.2, -0.15) is 0 Å². The third-order valence-corrected chi connectivity index (χ3v) is 4.60. The van der Waals surface area contributed by atoms with Crippen LogP contribution in [0, 0.1) is 0 Å². The second-order valence-corrected chi connectivity index (χ2v) is 5.75. The monoisotopic (exact) mass is 276 g/mol. The van der Waals surface area contributed by atoms with Gasteiger partial charge in [-0.15, -0.1) is 0 Å². The molecule has 20 heavy (non-hydrogen) atoms. The molecule has 4 nitrogen and oxygen atoms in total. The molecule has 2 rings (SSSR count). The van der Waals surface area contributed by atoms with Crippen LogP contribution in [0.25, 0.3) is 0 Å². The van der Waals surface area contributed by atoms with E-state index in [1.165, 1.54) is 5.56 Å². The van der Waals surface area contributed by atoms with Crippen molar-refractivity contribution in [1.82, 2.24) is 10.2 Å². The second-order valence-electron chi connectivity index (χ2n) is 5.75. The molecule has 4 heteroatoms. The molecule has 0 amide bonds. The molecule has 0 saturated heterocycles. The first-order valence-corrected chi connectivity index (χ1v) is 7.24. The Morgan fingerprint density at radius 2 is 2.15 bits per heavy atom. The van der Waals surface area contributed by atoms with Gasteiger partial charge in [-0.1, -0.05) is 30.3 Å². The number of nitrogens with zero attached hydrogens (tertiary/aromatic N) is 1. The van der Waals surface area contributed by atoms with Gasteiger partial charge in [-0.3, -0.25) is 4.79 Å². The van der Waals surface area contributed by atoms with Gasteiger partial charge < -0.3 is 15.3 Å². The van der Waals surface area contributed by atoms with Gasteiger partial charge in [0.2, 0.25) is 0 Å². The first-order chi connectivity index (χ1) is 9.57. The number of hydrogen-bond donors (Lipinski definition) is 2. The van der Waals surface area contributed by atoms with Crippen molar-refractivity contribution in [2.24, 2.45) is 0 Å². The molecule has 0 heterocycles. The summed E-state index contributed by atoms with van der Waals surface area (Å²) in [6, 6.07) is 10.8. The van der Waals surface area contributed by atoms with E-state index >= 15 is 0 Å². The fourth-order valence-corrected chi connectivity index (χ4v) is 3.06. The molecule has 0 spiro atoms. The molecule has 1 saturated carbocycles. The topological polar surface area (TPSA) is 52.6 Å². The Labute approximate surface area is 120 Å². The van der Waals surface area contributed by atoms with Crippen molar-refractivity contribution in [3.05, 3.63) is 35.9 Å². The Morgan fingerprint density at radius 1 is 1.45 bits per heavy atom. The average molecular weight is 276 g/mol. The van der Waals surface area contributed by atoms with Crippen LogP contribution in [0.3, 0.4) is 0 Å². The lowest BCUT2D eigenvalue weighted by atomic mass is 9.98. The molecule has 0 bridgehead atoms. The highest BCUT2D eigenvalue weighted by molar-refractivity contribution is 5.79. The fraction of sp³-hybridized carbons (Fsp3) is 0.562. The lowest BCUT2D eigenvalue weighted by Gasteiger charge is -2.27. The van der Waals surface area contributed by atoms with Gasteiger partial charge in [-0.25, -0.2) is 0 Å². The summed E-state index contributed by atoms with van der Waals surface area (Å²) in [5.41, 5.74) is 0.599. The molecule has 1 aromatic rings. The van der Waals surface area contributed by atoms with Crippen molar-refractivity contribution in [1.29, 1.82) is 0 Å². The number of benzene rings is 1. The number of aliphatic carboxylic acids is 1. The summed E-state index contributed by atoms with van der Waals surface area (Å²) in [4.78, 5) is 13.7. The minimum absolute atomic E-state index is 0.349. The summed E-state index contributed by atoms with van der Waals surface area (Å²) in [5.74, 6) is -0.723. The molecular formula is C16H24N2O2. The summed E-state index contributed by atoms with van der Waals surface area (Å²) in [7, 11) is 3.85. The maximum absolute atomic E-state index is 11.4. The van der Waals surface area contributed by atoms with Gasteiger partial charge in [0, 0.05) is 12.6 Å². The highest BCUT2D eigenvalue weighted by Gasteiger charge is 2.45. The average Bonchev–Trinajstić information content (AvgIpc) is 2.92. The molecule has 1 fully saturated rings. The lowest BCUT2D eigenvalue weighted by Crippen LogP contribution is -2.49. The number of carboxylic acids is 1. The van der Waals surface area contributed by atoms with Crippen LogP contribution in [0.1, 0.15) is 24.8 Å². The van der Waals surface area contributed by atoms with Crippen LogP contribution in [-0.4, -0.2) is 48.2 Å². The van der Waals surface area contributed by atoms with Crippen LogP contribution in [0.5, 0.6) is 0 Å². The summed E-state index contributed by atoms with van der Waals surface area (Å²) >= 11 is 0. The van der Waals surface area contributed by atoms with Crippen molar-refractivity contribution in [3.63, 3.8) is 0 Å². The van der Waals surface area contributed by atoms with E-state index in [1.54, 1.807) is 7.05 Å². The van der Waals surface area contributed by atoms with Crippen molar-refractivity contribution < 1.29 is 9.90 Å². The Hall–Kier alpha value is -1.39. The van der Waals surface area contributed by atoms with Gasteiger partial charge in [-0.05, 0) is 45.3 Å². The highest BCUT2D eigenvalue weighted by atomic mass is 16.4. The number of rotatable bonds is 6. The number of likely N-dealkylation sites (N-methyl/N-ethyl adjacent to an activating group) is 2. The summed E-state index contributed by atoms with van der Waals surface area (Å²) in [5, 5.41) is 12.4. The third kappa shape index (κ3) is 3.19. The predicted octanol–water partition coefficient (Wildman–Crippen LogP) is 1.76. The van der Waals surface area contributed by atoms with Gasteiger partial charge in [0.15, 0.2) is 0 Å². The number of nitrogens with one attached hydrogen (secondary N) is 1. The van der Waals surface area contributed by atoms with Crippen LogP contribution in [0.15, 0.2) is 30.3 Å². The Bertz CT molecular complexity index is 449. The molecular weight excluding hydrogens is 252 g/mol. The zero-order valence-electron chi connectivity index (χ0n) is 12.3. The maximum atomic E-state index is 11.4. The number of carbonyl (C=O) groups is 1. The minimum Gasteiger partial charge on any atom is -0.480 e. The summed E-state index contributed by atoms with van der Waals surface area (Å²) in [6.45, 7) is 0.966. The number of carboxylic acid groups (broad SMARTS) is 1. The van der Waals surface area contributed by atoms with Crippen LogP contribution in [0.4, 0.5) is 0 Å². The van der Waals surface area contributed by atoms with Crippen molar-refractivity contribution in [2.75, 3.05) is 20.6 Å². The van der Waals surface area contributed by atoms with E-state index in [0.717, 1.165) is 19.4 Å². The largest absolute Gasteiger partial charge is 0.480 e. The van der Waals surface area contributed by atoms with Crippen molar-refractivity contribution >= 4 is 5.97 Å². The summed E-state index contributed by atoms with van der Waals surface area (Å²) < 4.78 is 0. The van der Waals surface area contributed by atoms with Crippen LogP contribution >= 0.6 is 0 Å². The second kappa shape index (κ2) is 6.37. The van der Waals surface area contributed by atoms with Gasteiger partial charge in [0.1, 0.15) is 5.54 Å². The molecule has 0 aromatic heterocycles. The fourth-order valence-electron chi connectivity index (χ4n) is 3.06. The Kier molecular flexibility index (Phi) is 4.78. The molecule has 1 aliphatic rings. The third-order valence-electron chi connectivity index (χ3n) is 4.60. The standard InChI is InChI=1S/C16H24N2O2/c1-17-16(15(19)20)10-8-14(12-16)18(2)11-9-13-6-4-3-5-7-13/h3-7,14,17H,8-12H2,1-2H3,(H,19,20). The Morgan fingerprint density at radius 3 is 2.70 bits per heavy atom. The van der Waals surface area contributed by atoms with E-state index in [-0.39, 0.29) is 0 Å². The van der Waals surface area contributed by atoms with Gasteiger partial charge in [0.05, 0.1) is 0 Å². The first-order valence-electron chi connectivity index (χ1n) is 7.24. The van der Waals surface area contributed by atoms with E-state index < -0.39 is 11.5 Å². The summed E-state index contributed by atoms with van der Waals surface area (Å²) in [6.07, 6.45) is 3.34. The molecule has 2 atom stereocenters. The minimum atomic E-state index is -0.730. The predicted molar refractivity (Wildman–Crippen MR) is 79.8 cm³/mol. The zero-order valence-corrected chi connectivity index (χ0v) is 12.3. The van der Waals surface area contributed by atoms with Crippen LogP contribution in [-0.2, 0) is 11.2 Å². The quantitative estimate of drug-likeness (QED) is 0.831. The molecule has 1 aliphatic carbocycles. The molecule has 0 radical (unpaired) electrons. The number of hydrogen-bond acceptors (Lipinski definition) is 3. The van der Waals surface area contributed by atoms with Crippen molar-refractivity contribution in [3.8, 4) is 0 Å². The molecule has 2 N–H and O–H groups in total. The van der Waals surface area contributed by atoms with E-state index in [4.69, 9.17) is 0 Å². The van der Waals surface area contributed by atoms with E-state index in [9.17, 15) is 9.90 Å². The zero-order chi connectivity index (χ0) is 14.6. The SMILES string of the molecule is CNC1(C(=O)O)CCC(N(C)CCc2ccccc2)C1. The normalized spacial score (nSPS) is 26.1. The van der Waals surface area contributed by atoms with Gasteiger partial charge in [0.25, 0.3) is 0 Å². The van der Waals surface area contributed by atoms with Gasteiger partial charge >= 0.3 is 5.97 Å². The van der Waals surface area contributed by atoms with E-state index in [2.05, 4.69) is 41.5 Å². The van der Waals surface area contributed by atoms with E-state index in [1.807, 2.05) is 6.07 Å². The van der Waals surface area contributed by atoms with Crippen LogP contribution < -0.4 is 5.32 Å². The molecule has 0 aliphatic heterocycles.